The van der Waals surface area contributed by atoms with Crippen LogP contribution in [0.3, 0.4) is 0 Å². The van der Waals surface area contributed by atoms with E-state index in [-0.39, 0.29) is 5.75 Å². The first-order valence-corrected chi connectivity index (χ1v) is 9.46. The van der Waals surface area contributed by atoms with Gasteiger partial charge in [0.25, 0.3) is 0 Å². The van der Waals surface area contributed by atoms with E-state index < -0.39 is 6.29 Å². The van der Waals surface area contributed by atoms with Crippen LogP contribution in [-0.2, 0) is 9.47 Å². The van der Waals surface area contributed by atoms with E-state index in [4.69, 9.17) is 23.7 Å². The number of ether oxygens (including phenoxy) is 5. The molecule has 6 heteroatoms. The maximum Gasteiger partial charge on any atom is 0.184 e. The summed E-state index contributed by atoms with van der Waals surface area (Å²) in [4.78, 5) is 0. The van der Waals surface area contributed by atoms with Gasteiger partial charge in [-0.2, -0.15) is 0 Å². The molecule has 0 atom stereocenters. The van der Waals surface area contributed by atoms with Crippen LogP contribution in [0.1, 0.15) is 18.3 Å². The summed E-state index contributed by atoms with van der Waals surface area (Å²) < 4.78 is 28.6. The van der Waals surface area contributed by atoms with Crippen LogP contribution in [0, 0.1) is 0 Å². The lowest BCUT2D eigenvalue weighted by atomic mass is 9.93. The van der Waals surface area contributed by atoms with Crippen LogP contribution < -0.4 is 14.2 Å². The Hall–Kier alpha value is -2.96. The molecule has 29 heavy (non-hydrogen) atoms. The number of aromatic hydroxyl groups is 1. The minimum Gasteiger partial charge on any atom is -0.507 e. The third-order valence-electron chi connectivity index (χ3n) is 5.11. The second-order valence-electron chi connectivity index (χ2n) is 6.71. The van der Waals surface area contributed by atoms with E-state index in [0.717, 1.165) is 22.9 Å². The zero-order valence-electron chi connectivity index (χ0n) is 16.7. The highest BCUT2D eigenvalue weighted by atomic mass is 16.7. The fourth-order valence-electron chi connectivity index (χ4n) is 3.85. The molecule has 1 fully saturated rings. The van der Waals surface area contributed by atoms with Crippen molar-refractivity contribution in [3.63, 3.8) is 0 Å². The normalized spacial score (nSPS) is 14.7. The molecular formula is C23H24O6. The summed E-state index contributed by atoms with van der Waals surface area (Å²) in [6, 6.07) is 12.9. The first-order chi connectivity index (χ1) is 14.2. The third kappa shape index (κ3) is 3.34. The molecule has 1 heterocycles. The van der Waals surface area contributed by atoms with Gasteiger partial charge < -0.3 is 28.8 Å². The topological polar surface area (TPSA) is 66.4 Å². The highest BCUT2D eigenvalue weighted by Crippen LogP contribution is 2.49. The first-order valence-electron chi connectivity index (χ1n) is 9.46. The standard InChI is InChI=1S/C23H24O6/c1-25-18-9-5-8-15(23-28-11-6-12-29-23)20(18)16-13-17(24)21-14(22(16)27-3)7-4-10-19(21)26-2/h4-5,7-10,13,23-24H,6,11-12H2,1-3H3. The number of benzene rings is 3. The van der Waals surface area contributed by atoms with Gasteiger partial charge in [0.1, 0.15) is 23.0 Å². The number of fused-ring (bicyclic) bond motifs is 1. The molecule has 0 unspecified atom stereocenters. The highest BCUT2D eigenvalue weighted by molar-refractivity contribution is 6.03. The van der Waals surface area contributed by atoms with Gasteiger partial charge in [0.2, 0.25) is 0 Å². The van der Waals surface area contributed by atoms with Crippen LogP contribution in [0.15, 0.2) is 42.5 Å². The highest BCUT2D eigenvalue weighted by Gasteiger charge is 2.26. The zero-order chi connectivity index (χ0) is 20.4. The Labute approximate surface area is 169 Å². The molecule has 3 aromatic carbocycles. The smallest absolute Gasteiger partial charge is 0.184 e. The number of phenols is 1. The molecule has 1 aliphatic heterocycles. The monoisotopic (exact) mass is 396 g/mol. The molecule has 0 aliphatic carbocycles. The average Bonchev–Trinajstić information content (AvgIpc) is 2.78. The van der Waals surface area contributed by atoms with Gasteiger partial charge in [-0.15, -0.1) is 0 Å². The van der Waals surface area contributed by atoms with E-state index >= 15 is 0 Å². The van der Waals surface area contributed by atoms with Crippen molar-refractivity contribution in [2.75, 3.05) is 34.5 Å². The lowest BCUT2D eigenvalue weighted by molar-refractivity contribution is -0.182. The summed E-state index contributed by atoms with van der Waals surface area (Å²) in [6.07, 6.45) is 0.345. The van der Waals surface area contributed by atoms with Gasteiger partial charge in [-0.3, -0.25) is 0 Å². The van der Waals surface area contributed by atoms with Gasteiger partial charge in [0.15, 0.2) is 6.29 Å². The number of methoxy groups -OCH3 is 3. The Morgan fingerprint density at radius 2 is 1.59 bits per heavy atom. The molecule has 1 aliphatic rings. The second-order valence-corrected chi connectivity index (χ2v) is 6.71. The fraction of sp³-hybridized carbons (Fsp3) is 0.304. The van der Waals surface area contributed by atoms with Gasteiger partial charge in [-0.25, -0.2) is 0 Å². The predicted octanol–water partition coefficient (Wildman–Crippen LogP) is 4.67. The molecule has 0 saturated carbocycles. The van der Waals surface area contributed by atoms with Crippen molar-refractivity contribution in [1.29, 1.82) is 0 Å². The van der Waals surface area contributed by atoms with Crippen molar-refractivity contribution in [1.82, 2.24) is 0 Å². The molecule has 0 bridgehead atoms. The maximum atomic E-state index is 10.9. The van der Waals surface area contributed by atoms with Crippen LogP contribution >= 0.6 is 0 Å². The second kappa shape index (κ2) is 8.19. The van der Waals surface area contributed by atoms with Gasteiger partial charge >= 0.3 is 0 Å². The van der Waals surface area contributed by atoms with E-state index in [0.29, 0.717) is 41.4 Å². The molecule has 3 aromatic rings. The Kier molecular flexibility index (Phi) is 5.47. The Morgan fingerprint density at radius 3 is 2.28 bits per heavy atom. The summed E-state index contributed by atoms with van der Waals surface area (Å²) in [7, 11) is 4.80. The van der Waals surface area contributed by atoms with Crippen LogP contribution in [0.25, 0.3) is 21.9 Å². The summed E-state index contributed by atoms with van der Waals surface area (Å²) in [5.41, 5.74) is 2.28. The number of hydrogen-bond donors (Lipinski definition) is 1. The minimum absolute atomic E-state index is 0.0931. The molecule has 6 nitrogen and oxygen atoms in total. The van der Waals surface area contributed by atoms with Crippen molar-refractivity contribution in [2.24, 2.45) is 0 Å². The lowest BCUT2D eigenvalue weighted by Crippen LogP contribution is -2.18. The molecule has 152 valence electrons. The minimum atomic E-state index is -0.512. The summed E-state index contributed by atoms with van der Waals surface area (Å²) in [5, 5.41) is 12.2. The van der Waals surface area contributed by atoms with E-state index in [1.54, 1.807) is 33.5 Å². The summed E-state index contributed by atoms with van der Waals surface area (Å²) in [5.74, 6) is 1.91. The van der Waals surface area contributed by atoms with E-state index in [1.165, 1.54) is 0 Å². The van der Waals surface area contributed by atoms with Gasteiger partial charge in [-0.1, -0.05) is 24.3 Å². The van der Waals surface area contributed by atoms with E-state index in [2.05, 4.69) is 0 Å². The molecule has 0 radical (unpaired) electrons. The first kappa shape index (κ1) is 19.4. The molecule has 1 N–H and O–H groups in total. The maximum absolute atomic E-state index is 10.9. The largest absolute Gasteiger partial charge is 0.507 e. The van der Waals surface area contributed by atoms with Crippen molar-refractivity contribution in [3.8, 4) is 34.1 Å². The molecular weight excluding hydrogens is 372 g/mol. The van der Waals surface area contributed by atoms with Crippen LogP contribution in [-0.4, -0.2) is 39.6 Å². The van der Waals surface area contributed by atoms with Crippen molar-refractivity contribution >= 4 is 10.8 Å². The predicted molar refractivity (Wildman–Crippen MR) is 110 cm³/mol. The van der Waals surface area contributed by atoms with Gasteiger partial charge in [0, 0.05) is 22.1 Å². The Morgan fingerprint density at radius 1 is 0.897 bits per heavy atom. The molecule has 0 aromatic heterocycles. The fourth-order valence-corrected chi connectivity index (χ4v) is 3.85. The third-order valence-corrected chi connectivity index (χ3v) is 5.11. The average molecular weight is 396 g/mol. The van der Waals surface area contributed by atoms with Crippen molar-refractivity contribution < 1.29 is 28.8 Å². The Balaban J connectivity index is 2.02. The van der Waals surface area contributed by atoms with E-state index in [9.17, 15) is 5.11 Å². The lowest BCUT2D eigenvalue weighted by Gasteiger charge is -2.27. The number of phenolic OH excluding ortho intramolecular Hbond substituents is 1. The van der Waals surface area contributed by atoms with Crippen LogP contribution in [0.5, 0.6) is 23.0 Å². The Bertz CT molecular complexity index is 1020. The molecule has 1 saturated heterocycles. The van der Waals surface area contributed by atoms with Crippen molar-refractivity contribution in [3.05, 3.63) is 48.0 Å². The molecule has 4 rings (SSSR count). The SMILES string of the molecule is COc1cccc(C2OCCCO2)c1-c1cc(O)c2c(OC)cccc2c1OC. The summed E-state index contributed by atoms with van der Waals surface area (Å²) in [6.45, 7) is 1.25. The van der Waals surface area contributed by atoms with Gasteiger partial charge in [0.05, 0.1) is 39.9 Å². The molecule has 0 spiro atoms. The molecule has 0 amide bonds. The zero-order valence-corrected chi connectivity index (χ0v) is 16.7. The summed E-state index contributed by atoms with van der Waals surface area (Å²) >= 11 is 0. The van der Waals surface area contributed by atoms with Crippen LogP contribution in [0.2, 0.25) is 0 Å². The van der Waals surface area contributed by atoms with Crippen molar-refractivity contribution in [2.45, 2.75) is 12.7 Å². The van der Waals surface area contributed by atoms with Crippen LogP contribution in [0.4, 0.5) is 0 Å². The number of rotatable bonds is 5. The van der Waals surface area contributed by atoms with E-state index in [1.807, 2.05) is 30.3 Å². The number of hydrogen-bond acceptors (Lipinski definition) is 6. The van der Waals surface area contributed by atoms with Gasteiger partial charge in [-0.05, 0) is 24.6 Å². The quantitative estimate of drug-likeness (QED) is 0.676.